The largest absolute Gasteiger partial charge is 0.396 e. The molecule has 2 aromatic rings. The van der Waals surface area contributed by atoms with Crippen LogP contribution < -0.4 is 11.1 Å². The van der Waals surface area contributed by atoms with E-state index in [1.54, 1.807) is 0 Å². The second-order valence-electron chi connectivity index (χ2n) is 4.09. The van der Waals surface area contributed by atoms with Gasteiger partial charge < -0.3 is 11.1 Å². The van der Waals surface area contributed by atoms with Gasteiger partial charge in [0.15, 0.2) is 0 Å². The van der Waals surface area contributed by atoms with E-state index in [1.165, 1.54) is 36.4 Å². The Balaban J connectivity index is 2.06. The molecule has 0 aliphatic heterocycles. The summed E-state index contributed by atoms with van der Waals surface area (Å²) in [6.45, 7) is 0. The molecule has 3 nitrogen and oxygen atoms in total. The van der Waals surface area contributed by atoms with Gasteiger partial charge in [0.05, 0.1) is 5.69 Å². The van der Waals surface area contributed by atoms with Crippen LogP contribution in [0.5, 0.6) is 0 Å². The number of rotatable bonds is 4. The van der Waals surface area contributed by atoms with Crippen LogP contribution in [0.1, 0.15) is 10.4 Å². The topological polar surface area (TPSA) is 55.1 Å². The third-order valence-corrected chi connectivity index (χ3v) is 3.32. The van der Waals surface area contributed by atoms with E-state index in [0.717, 1.165) is 6.07 Å². The smallest absolute Gasteiger partial charge is 0.288 e. The highest BCUT2D eigenvalue weighted by atomic mass is 32.2. The number of carbonyl (C=O) groups is 1. The molecule has 1 amide bonds. The van der Waals surface area contributed by atoms with Crippen molar-refractivity contribution < 1.29 is 18.0 Å². The van der Waals surface area contributed by atoms with E-state index in [2.05, 4.69) is 5.32 Å². The number of amides is 1. The fourth-order valence-corrected chi connectivity index (χ4v) is 2.09. The fraction of sp³-hybridized carbons (Fsp3) is 0.0714. The van der Waals surface area contributed by atoms with Crippen molar-refractivity contribution in [1.82, 2.24) is 0 Å². The Labute approximate surface area is 123 Å². The molecule has 3 N–H and O–H groups in total. The maximum atomic E-state index is 13.3. The molecule has 0 bridgehead atoms. The normalized spacial score (nSPS) is 10.7. The number of halogens is 3. The minimum atomic E-state index is -2.50. The summed E-state index contributed by atoms with van der Waals surface area (Å²) in [7, 11) is 0. The third kappa shape index (κ3) is 4.16. The Morgan fingerprint density at radius 3 is 2.38 bits per heavy atom. The number of alkyl halides is 2. The summed E-state index contributed by atoms with van der Waals surface area (Å²) in [5.74, 6) is -3.68. The lowest BCUT2D eigenvalue weighted by atomic mass is 10.2. The molecular formula is C14H11F3N2OS. The summed E-state index contributed by atoms with van der Waals surface area (Å²) in [5.41, 5.74) is 5.83. The molecule has 0 atom stereocenters. The summed E-state index contributed by atoms with van der Waals surface area (Å²) in [6, 6.07) is 9.66. The predicted molar refractivity (Wildman–Crippen MR) is 77.1 cm³/mol. The molecule has 0 unspecified atom stereocenters. The SMILES string of the molecule is Nc1ccc(C(=O)Nc2ccc(SC(F)F)cc2)cc1F. The first-order valence-electron chi connectivity index (χ1n) is 5.87. The number of anilines is 2. The zero-order valence-electron chi connectivity index (χ0n) is 10.6. The Kier molecular flexibility index (Phi) is 4.74. The van der Waals surface area contributed by atoms with E-state index in [0.29, 0.717) is 22.3 Å². The molecule has 2 rings (SSSR count). The minimum Gasteiger partial charge on any atom is -0.396 e. The molecule has 0 radical (unpaired) electrons. The van der Waals surface area contributed by atoms with Gasteiger partial charge in [-0.2, -0.15) is 8.78 Å². The number of thioether (sulfide) groups is 1. The van der Waals surface area contributed by atoms with Crippen LogP contribution in [0, 0.1) is 5.82 Å². The van der Waals surface area contributed by atoms with Crippen LogP contribution in [-0.4, -0.2) is 11.7 Å². The van der Waals surface area contributed by atoms with Gasteiger partial charge in [0.25, 0.3) is 11.7 Å². The molecule has 0 fully saturated rings. The molecule has 0 spiro atoms. The van der Waals surface area contributed by atoms with Crippen LogP contribution in [0.3, 0.4) is 0 Å². The Morgan fingerprint density at radius 2 is 1.81 bits per heavy atom. The average molecular weight is 312 g/mol. The molecule has 0 saturated carbocycles. The highest BCUT2D eigenvalue weighted by Crippen LogP contribution is 2.26. The molecule has 0 aliphatic rings. The minimum absolute atomic E-state index is 0.0417. The van der Waals surface area contributed by atoms with Crippen molar-refractivity contribution in [2.45, 2.75) is 10.7 Å². The van der Waals surface area contributed by atoms with Crippen molar-refractivity contribution in [2.24, 2.45) is 0 Å². The van der Waals surface area contributed by atoms with Crippen LogP contribution >= 0.6 is 11.8 Å². The standard InChI is InChI=1S/C14H11F3N2OS/c15-11-7-8(1-6-12(11)18)13(20)19-9-2-4-10(5-3-9)21-14(16)17/h1-7,14H,18H2,(H,19,20). The lowest BCUT2D eigenvalue weighted by Gasteiger charge is -2.07. The van der Waals surface area contributed by atoms with Crippen molar-refractivity contribution in [1.29, 1.82) is 0 Å². The van der Waals surface area contributed by atoms with Gasteiger partial charge in [0.2, 0.25) is 0 Å². The van der Waals surface area contributed by atoms with Gasteiger partial charge in [-0.05, 0) is 42.5 Å². The van der Waals surface area contributed by atoms with E-state index >= 15 is 0 Å². The van der Waals surface area contributed by atoms with E-state index in [4.69, 9.17) is 5.73 Å². The Hall–Kier alpha value is -2.15. The average Bonchev–Trinajstić information content (AvgIpc) is 2.43. The number of nitrogen functional groups attached to an aromatic ring is 1. The van der Waals surface area contributed by atoms with Crippen molar-refractivity contribution in [3.05, 3.63) is 53.8 Å². The number of nitrogens with one attached hydrogen (secondary N) is 1. The van der Waals surface area contributed by atoms with Gasteiger partial charge in [-0.3, -0.25) is 4.79 Å². The highest BCUT2D eigenvalue weighted by molar-refractivity contribution is 7.99. The second-order valence-corrected chi connectivity index (χ2v) is 5.16. The highest BCUT2D eigenvalue weighted by Gasteiger charge is 2.09. The number of hydrogen-bond acceptors (Lipinski definition) is 3. The quantitative estimate of drug-likeness (QED) is 0.663. The van der Waals surface area contributed by atoms with Gasteiger partial charge in [0, 0.05) is 16.1 Å². The lowest BCUT2D eigenvalue weighted by molar-refractivity contribution is 0.102. The zero-order chi connectivity index (χ0) is 15.4. The van der Waals surface area contributed by atoms with E-state index < -0.39 is 17.5 Å². The fourth-order valence-electron chi connectivity index (χ4n) is 1.59. The molecule has 7 heteroatoms. The molecule has 0 aromatic heterocycles. The second kappa shape index (κ2) is 6.53. The number of benzene rings is 2. The maximum absolute atomic E-state index is 13.3. The molecule has 21 heavy (non-hydrogen) atoms. The van der Waals surface area contributed by atoms with Crippen LogP contribution in [0.25, 0.3) is 0 Å². The van der Waals surface area contributed by atoms with Crippen LogP contribution in [0.4, 0.5) is 24.5 Å². The Morgan fingerprint density at radius 1 is 1.14 bits per heavy atom. The molecule has 0 heterocycles. The predicted octanol–water partition coefficient (Wildman–Crippen LogP) is 3.97. The summed E-state index contributed by atoms with van der Waals surface area (Å²) >= 11 is 0.416. The van der Waals surface area contributed by atoms with E-state index in [9.17, 15) is 18.0 Å². The third-order valence-electron chi connectivity index (χ3n) is 2.60. The van der Waals surface area contributed by atoms with E-state index in [-0.39, 0.29) is 11.3 Å². The molecule has 2 aromatic carbocycles. The summed E-state index contributed by atoms with van der Waals surface area (Å²) < 4.78 is 37.6. The number of hydrogen-bond donors (Lipinski definition) is 2. The summed E-state index contributed by atoms with van der Waals surface area (Å²) in [6.07, 6.45) is 0. The maximum Gasteiger partial charge on any atom is 0.288 e. The molecule has 0 aliphatic carbocycles. The van der Waals surface area contributed by atoms with Gasteiger partial charge in [-0.1, -0.05) is 11.8 Å². The number of nitrogens with two attached hydrogens (primary N) is 1. The Bertz CT molecular complexity index is 647. The first-order valence-corrected chi connectivity index (χ1v) is 6.75. The number of carbonyl (C=O) groups excluding carboxylic acids is 1. The first kappa shape index (κ1) is 15.2. The van der Waals surface area contributed by atoms with Gasteiger partial charge in [0.1, 0.15) is 5.82 Å². The van der Waals surface area contributed by atoms with Crippen molar-refractivity contribution in [3.63, 3.8) is 0 Å². The molecular weight excluding hydrogens is 301 g/mol. The van der Waals surface area contributed by atoms with Crippen LogP contribution in [-0.2, 0) is 0 Å². The van der Waals surface area contributed by atoms with Crippen LogP contribution in [0.2, 0.25) is 0 Å². The van der Waals surface area contributed by atoms with Crippen LogP contribution in [0.15, 0.2) is 47.4 Å². The zero-order valence-corrected chi connectivity index (χ0v) is 11.5. The van der Waals surface area contributed by atoms with Gasteiger partial charge in [-0.15, -0.1) is 0 Å². The summed E-state index contributed by atoms with van der Waals surface area (Å²) in [4.78, 5) is 12.3. The first-order chi connectivity index (χ1) is 9.95. The summed E-state index contributed by atoms with van der Waals surface area (Å²) in [5, 5.41) is 2.54. The van der Waals surface area contributed by atoms with Crippen molar-refractivity contribution >= 4 is 29.0 Å². The van der Waals surface area contributed by atoms with E-state index in [1.807, 2.05) is 0 Å². The van der Waals surface area contributed by atoms with Crippen molar-refractivity contribution in [2.75, 3.05) is 11.1 Å². The van der Waals surface area contributed by atoms with Gasteiger partial charge >= 0.3 is 0 Å². The molecule has 110 valence electrons. The lowest BCUT2D eigenvalue weighted by Crippen LogP contribution is -2.12. The molecule has 0 saturated heterocycles. The van der Waals surface area contributed by atoms with Gasteiger partial charge in [-0.25, -0.2) is 4.39 Å². The van der Waals surface area contributed by atoms with Crippen molar-refractivity contribution in [3.8, 4) is 0 Å². The monoisotopic (exact) mass is 312 g/mol.